The van der Waals surface area contributed by atoms with Crippen molar-refractivity contribution in [1.82, 2.24) is 0 Å². The fraction of sp³-hybridized carbons (Fsp3) is 0.163. The Balaban J connectivity index is 1.44. The van der Waals surface area contributed by atoms with E-state index >= 15 is 0 Å². The Morgan fingerprint density at radius 2 is 0.627 bits per heavy atom. The molecule has 0 aliphatic carbocycles. The van der Waals surface area contributed by atoms with Crippen molar-refractivity contribution < 1.29 is 4.79 Å². The average Bonchev–Trinajstić information content (AvgIpc) is 3.14. The second kappa shape index (κ2) is 12.2. The van der Waals surface area contributed by atoms with E-state index in [2.05, 4.69) is 192 Å². The molecule has 8 rings (SSSR count). The van der Waals surface area contributed by atoms with Gasteiger partial charge in [0, 0.05) is 0 Å². The fourth-order valence-electron chi connectivity index (χ4n) is 7.89. The summed E-state index contributed by atoms with van der Waals surface area (Å²) < 4.78 is 0. The van der Waals surface area contributed by atoms with Gasteiger partial charge in [-0.3, -0.25) is 0 Å². The van der Waals surface area contributed by atoms with Crippen molar-refractivity contribution >= 4 is 48.8 Å². The first-order chi connectivity index (χ1) is 24.6. The zero-order chi connectivity index (χ0) is 35.5. The number of hydrogen-bond donors (Lipinski definition) is 0. The molecule has 2 heteroatoms. The normalized spacial score (nSPS) is 12.1. The van der Waals surface area contributed by atoms with Crippen molar-refractivity contribution in [3.8, 4) is 22.3 Å². The second-order valence-electron chi connectivity index (χ2n) is 15.8. The Hall–Kier alpha value is -5.82. The summed E-state index contributed by atoms with van der Waals surface area (Å²) in [5, 5.41) is 8.70. The molecule has 0 heterocycles. The molecule has 0 N–H and O–H groups in total. The van der Waals surface area contributed by atoms with Crippen molar-refractivity contribution in [3.63, 3.8) is 0 Å². The van der Waals surface area contributed by atoms with Crippen molar-refractivity contribution in [2.24, 2.45) is 0 Å². The van der Waals surface area contributed by atoms with Crippen LogP contribution in [-0.4, -0.2) is 10.5 Å². The standard InChI is InChI=1S/C49H42N2/c1-48(2,3)33-27-23-31(24-28-33)43-35-15-7-11-19-39(35)45(40-20-12-8-16-36(40)43)47(51-50)46-41-21-13-9-17-37(41)44(38-18-10-14-22-42(38)46)32-25-29-34(30-26-32)49(4,5)6/h7-30H,1-6H3. The minimum atomic E-state index is 0.0655. The van der Waals surface area contributed by atoms with Crippen LogP contribution in [0.1, 0.15) is 63.8 Å². The molecule has 248 valence electrons. The van der Waals surface area contributed by atoms with Crippen molar-refractivity contribution in [2.45, 2.75) is 52.4 Å². The summed E-state index contributed by atoms with van der Waals surface area (Å²) in [6.07, 6.45) is 0. The van der Waals surface area contributed by atoms with E-state index < -0.39 is 0 Å². The summed E-state index contributed by atoms with van der Waals surface area (Å²) in [4.78, 5) is 4.23. The van der Waals surface area contributed by atoms with Crippen LogP contribution in [0.3, 0.4) is 0 Å². The molecule has 0 radical (unpaired) electrons. The van der Waals surface area contributed by atoms with Gasteiger partial charge in [-0.2, -0.15) is 4.79 Å². The highest BCUT2D eigenvalue weighted by Gasteiger charge is 2.29. The molecular formula is C49H42N2. The Morgan fingerprint density at radius 1 is 0.373 bits per heavy atom. The van der Waals surface area contributed by atoms with Gasteiger partial charge in [0.1, 0.15) is 0 Å². The predicted molar refractivity (Wildman–Crippen MR) is 218 cm³/mol. The van der Waals surface area contributed by atoms with E-state index in [1.54, 1.807) is 0 Å². The van der Waals surface area contributed by atoms with Crippen LogP contribution in [0, 0.1) is 0 Å². The number of nitrogens with zero attached hydrogens (tertiary/aromatic N) is 2. The summed E-state index contributed by atoms with van der Waals surface area (Å²) in [5.41, 5.74) is 21.1. The van der Waals surface area contributed by atoms with Gasteiger partial charge in [0.2, 0.25) is 0 Å². The van der Waals surface area contributed by atoms with Gasteiger partial charge in [-0.05, 0) is 87.3 Å². The third kappa shape index (κ3) is 5.44. The van der Waals surface area contributed by atoms with Gasteiger partial charge in [0.15, 0.2) is 0 Å². The Morgan fingerprint density at radius 3 is 0.863 bits per heavy atom. The van der Waals surface area contributed by atoms with Crippen LogP contribution in [0.15, 0.2) is 146 Å². The van der Waals surface area contributed by atoms with E-state index in [4.69, 9.17) is 0 Å². The van der Waals surface area contributed by atoms with Crippen molar-refractivity contribution in [2.75, 3.05) is 0 Å². The molecule has 0 spiro atoms. The number of rotatable bonds is 4. The molecule has 8 aromatic carbocycles. The summed E-state index contributed by atoms with van der Waals surface area (Å²) in [6.45, 7) is 13.5. The van der Waals surface area contributed by atoms with E-state index in [9.17, 15) is 5.53 Å². The summed E-state index contributed by atoms with van der Waals surface area (Å²) in [5.74, 6) is 0. The highest BCUT2D eigenvalue weighted by atomic mass is 14.9. The molecule has 0 bridgehead atoms. The van der Waals surface area contributed by atoms with Gasteiger partial charge in [-0.25, -0.2) is 0 Å². The van der Waals surface area contributed by atoms with Gasteiger partial charge in [-0.15, -0.1) is 0 Å². The first kappa shape index (κ1) is 32.4. The van der Waals surface area contributed by atoms with Crippen LogP contribution in [0.25, 0.3) is 70.9 Å². The first-order valence-electron chi connectivity index (χ1n) is 17.9. The largest absolute Gasteiger partial charge is 0.361 e. The van der Waals surface area contributed by atoms with Gasteiger partial charge in [0.25, 0.3) is 0 Å². The van der Waals surface area contributed by atoms with E-state index in [0.717, 1.165) is 54.2 Å². The minimum absolute atomic E-state index is 0.0655. The first-order valence-corrected chi connectivity index (χ1v) is 17.9. The lowest BCUT2D eigenvalue weighted by molar-refractivity contribution is -0.00233. The highest BCUT2D eigenvalue weighted by Crippen LogP contribution is 2.44. The third-order valence-electron chi connectivity index (χ3n) is 10.5. The molecule has 0 atom stereocenters. The molecule has 0 aromatic heterocycles. The van der Waals surface area contributed by atoms with Gasteiger partial charge < -0.3 is 5.53 Å². The smallest absolute Gasteiger partial charge is 0.332 e. The molecule has 0 saturated heterocycles. The summed E-state index contributed by atoms with van der Waals surface area (Å²) in [6, 6.07) is 52.3. The Labute approximate surface area is 300 Å². The molecule has 8 aromatic rings. The van der Waals surface area contributed by atoms with Crippen LogP contribution in [-0.2, 0) is 10.8 Å². The lowest BCUT2D eigenvalue weighted by Gasteiger charge is -2.21. The maximum atomic E-state index is 11.2. The Kier molecular flexibility index (Phi) is 7.75. The van der Waals surface area contributed by atoms with E-state index in [0.29, 0.717) is 5.71 Å². The third-order valence-corrected chi connectivity index (χ3v) is 10.5. The van der Waals surface area contributed by atoms with Crippen LogP contribution in [0.5, 0.6) is 0 Å². The van der Waals surface area contributed by atoms with Crippen molar-refractivity contribution in [3.05, 3.63) is 173 Å². The van der Waals surface area contributed by atoms with Crippen LogP contribution in [0.4, 0.5) is 0 Å². The molecule has 0 fully saturated rings. The monoisotopic (exact) mass is 658 g/mol. The minimum Gasteiger partial charge on any atom is -0.361 e. The van der Waals surface area contributed by atoms with E-state index in [1.807, 2.05) is 0 Å². The summed E-state index contributed by atoms with van der Waals surface area (Å²) >= 11 is 0. The van der Waals surface area contributed by atoms with Gasteiger partial charge in [-0.1, -0.05) is 187 Å². The number of fused-ring (bicyclic) bond motifs is 4. The molecule has 0 amide bonds. The number of benzene rings is 8. The molecule has 2 nitrogen and oxygen atoms in total. The van der Waals surface area contributed by atoms with Crippen LogP contribution in [0.2, 0.25) is 0 Å². The van der Waals surface area contributed by atoms with E-state index in [-0.39, 0.29) is 10.8 Å². The van der Waals surface area contributed by atoms with Crippen LogP contribution >= 0.6 is 0 Å². The SMILES string of the molecule is CC(C)(C)c1ccc(-c2c3ccccc3c(C(=[N+]=[N-])c3c4ccccc4c(-c4ccc(C(C)(C)C)cc4)c4ccccc34)c3ccccc23)cc1. The molecule has 0 aliphatic rings. The molecular weight excluding hydrogens is 617 g/mol. The zero-order valence-electron chi connectivity index (χ0n) is 30.3. The van der Waals surface area contributed by atoms with Gasteiger partial charge >= 0.3 is 5.71 Å². The number of hydrogen-bond acceptors (Lipinski definition) is 0. The van der Waals surface area contributed by atoms with Crippen molar-refractivity contribution in [1.29, 1.82) is 0 Å². The average molecular weight is 659 g/mol. The van der Waals surface area contributed by atoms with Crippen LogP contribution < -0.4 is 0 Å². The van der Waals surface area contributed by atoms with E-state index in [1.165, 1.54) is 33.4 Å². The maximum absolute atomic E-state index is 11.2. The molecule has 0 aliphatic heterocycles. The molecule has 51 heavy (non-hydrogen) atoms. The lowest BCUT2D eigenvalue weighted by atomic mass is 9.81. The Bertz CT molecular complexity index is 2380. The summed E-state index contributed by atoms with van der Waals surface area (Å²) in [7, 11) is 0. The second-order valence-corrected chi connectivity index (χ2v) is 15.8. The maximum Gasteiger partial charge on any atom is 0.332 e. The van der Waals surface area contributed by atoms with Gasteiger partial charge in [0.05, 0.1) is 11.1 Å². The molecule has 0 unspecified atom stereocenters. The topological polar surface area (TPSA) is 36.4 Å². The lowest BCUT2D eigenvalue weighted by Crippen LogP contribution is -2.11. The quantitative estimate of drug-likeness (QED) is 0.0781. The molecule has 0 saturated carbocycles. The zero-order valence-corrected chi connectivity index (χ0v) is 30.3. The fourth-order valence-corrected chi connectivity index (χ4v) is 7.89. The predicted octanol–water partition coefficient (Wildman–Crippen LogP) is 13.3. The highest BCUT2D eigenvalue weighted by molar-refractivity contribution is 6.35.